The van der Waals surface area contributed by atoms with E-state index >= 15 is 0 Å². The first-order valence-corrected chi connectivity index (χ1v) is 5.87. The van der Waals surface area contributed by atoms with Crippen LogP contribution in [-0.2, 0) is 0 Å². The SMILES string of the molecule is CC(CCN)c1csc2ccccc12. The first kappa shape index (κ1) is 9.69. The smallest absolute Gasteiger partial charge is 0.0345 e. The number of hydrogen-bond donors (Lipinski definition) is 1. The van der Waals surface area contributed by atoms with Gasteiger partial charge >= 0.3 is 0 Å². The van der Waals surface area contributed by atoms with Crippen LogP contribution in [0.1, 0.15) is 24.8 Å². The fourth-order valence-electron chi connectivity index (χ4n) is 1.79. The van der Waals surface area contributed by atoms with Crippen molar-refractivity contribution in [2.45, 2.75) is 19.3 Å². The highest BCUT2D eigenvalue weighted by molar-refractivity contribution is 7.17. The van der Waals surface area contributed by atoms with Gasteiger partial charge in [-0.3, -0.25) is 0 Å². The Hall–Kier alpha value is -0.860. The molecule has 1 unspecified atom stereocenters. The zero-order chi connectivity index (χ0) is 9.97. The van der Waals surface area contributed by atoms with Crippen LogP contribution in [0.15, 0.2) is 29.6 Å². The minimum Gasteiger partial charge on any atom is -0.330 e. The van der Waals surface area contributed by atoms with Gasteiger partial charge in [0.1, 0.15) is 0 Å². The third-order valence-electron chi connectivity index (χ3n) is 2.64. The van der Waals surface area contributed by atoms with E-state index in [2.05, 4.69) is 36.6 Å². The summed E-state index contributed by atoms with van der Waals surface area (Å²) in [6.07, 6.45) is 1.07. The highest BCUT2D eigenvalue weighted by atomic mass is 32.1. The van der Waals surface area contributed by atoms with E-state index in [0.717, 1.165) is 13.0 Å². The molecule has 2 heteroatoms. The first-order valence-electron chi connectivity index (χ1n) is 4.99. The minimum absolute atomic E-state index is 0.580. The maximum absolute atomic E-state index is 5.58. The Morgan fingerprint density at radius 2 is 2.14 bits per heavy atom. The van der Waals surface area contributed by atoms with E-state index in [4.69, 9.17) is 5.73 Å². The fourth-order valence-corrected chi connectivity index (χ4v) is 2.87. The van der Waals surface area contributed by atoms with Crippen LogP contribution in [0, 0.1) is 0 Å². The number of hydrogen-bond acceptors (Lipinski definition) is 2. The van der Waals surface area contributed by atoms with Gasteiger partial charge in [-0.25, -0.2) is 0 Å². The molecule has 2 N–H and O–H groups in total. The number of thiophene rings is 1. The Balaban J connectivity index is 2.42. The lowest BCUT2D eigenvalue weighted by Crippen LogP contribution is -2.03. The number of fused-ring (bicyclic) bond motifs is 1. The number of rotatable bonds is 3. The molecule has 1 aromatic heterocycles. The van der Waals surface area contributed by atoms with Crippen LogP contribution in [0.25, 0.3) is 10.1 Å². The second kappa shape index (κ2) is 4.11. The molecule has 0 aliphatic heterocycles. The van der Waals surface area contributed by atoms with Gasteiger partial charge in [-0.05, 0) is 41.3 Å². The Labute approximate surface area is 88.6 Å². The molecule has 0 bridgehead atoms. The molecule has 0 aliphatic carbocycles. The van der Waals surface area contributed by atoms with Gasteiger partial charge < -0.3 is 5.73 Å². The molecule has 1 atom stereocenters. The van der Waals surface area contributed by atoms with E-state index in [1.54, 1.807) is 0 Å². The van der Waals surface area contributed by atoms with Crippen molar-refractivity contribution in [2.75, 3.05) is 6.54 Å². The van der Waals surface area contributed by atoms with Crippen molar-refractivity contribution in [3.8, 4) is 0 Å². The highest BCUT2D eigenvalue weighted by Crippen LogP contribution is 2.32. The van der Waals surface area contributed by atoms with Gasteiger partial charge in [0.05, 0.1) is 0 Å². The summed E-state index contributed by atoms with van der Waals surface area (Å²) >= 11 is 1.83. The predicted octanol–water partition coefficient (Wildman–Crippen LogP) is 3.35. The van der Waals surface area contributed by atoms with Gasteiger partial charge in [0, 0.05) is 4.70 Å². The van der Waals surface area contributed by atoms with Crippen molar-refractivity contribution in [2.24, 2.45) is 5.73 Å². The number of nitrogens with two attached hydrogens (primary N) is 1. The second-order valence-corrected chi connectivity index (χ2v) is 4.58. The molecule has 0 aliphatic rings. The third-order valence-corrected chi connectivity index (χ3v) is 3.62. The Morgan fingerprint density at radius 1 is 1.36 bits per heavy atom. The topological polar surface area (TPSA) is 26.0 Å². The normalized spacial score (nSPS) is 13.3. The predicted molar refractivity (Wildman–Crippen MR) is 63.9 cm³/mol. The molecule has 2 aromatic rings. The minimum atomic E-state index is 0.580. The quantitative estimate of drug-likeness (QED) is 0.817. The Bertz CT molecular complexity index is 419. The fraction of sp³-hybridized carbons (Fsp3) is 0.333. The molecule has 0 amide bonds. The molecule has 0 radical (unpaired) electrons. The summed E-state index contributed by atoms with van der Waals surface area (Å²) in [5.74, 6) is 0.580. The van der Waals surface area contributed by atoms with Gasteiger partial charge in [-0.1, -0.05) is 25.1 Å². The van der Waals surface area contributed by atoms with Crippen molar-refractivity contribution in [1.29, 1.82) is 0 Å². The molecular formula is C12H15NS. The van der Waals surface area contributed by atoms with E-state index < -0.39 is 0 Å². The molecule has 14 heavy (non-hydrogen) atoms. The van der Waals surface area contributed by atoms with Crippen molar-refractivity contribution in [3.63, 3.8) is 0 Å². The monoisotopic (exact) mass is 205 g/mol. The van der Waals surface area contributed by atoms with Crippen LogP contribution in [0.4, 0.5) is 0 Å². The molecule has 0 saturated carbocycles. The number of benzene rings is 1. The lowest BCUT2D eigenvalue weighted by Gasteiger charge is -2.08. The Morgan fingerprint density at radius 3 is 2.93 bits per heavy atom. The molecule has 74 valence electrons. The van der Waals surface area contributed by atoms with Crippen LogP contribution < -0.4 is 5.73 Å². The summed E-state index contributed by atoms with van der Waals surface area (Å²) in [6.45, 7) is 3.02. The van der Waals surface area contributed by atoms with E-state index in [1.165, 1.54) is 15.6 Å². The maximum atomic E-state index is 5.58. The van der Waals surface area contributed by atoms with Crippen molar-refractivity contribution in [3.05, 3.63) is 35.2 Å². The molecule has 1 nitrogen and oxygen atoms in total. The maximum Gasteiger partial charge on any atom is 0.0345 e. The largest absolute Gasteiger partial charge is 0.330 e. The first-order chi connectivity index (χ1) is 6.83. The average Bonchev–Trinajstić information content (AvgIpc) is 2.61. The van der Waals surface area contributed by atoms with Crippen molar-refractivity contribution < 1.29 is 0 Å². The molecule has 0 fully saturated rings. The summed E-state index contributed by atoms with van der Waals surface area (Å²) in [6, 6.07) is 8.58. The lowest BCUT2D eigenvalue weighted by molar-refractivity contribution is 0.697. The second-order valence-electron chi connectivity index (χ2n) is 3.67. The molecule has 1 heterocycles. The average molecular weight is 205 g/mol. The lowest BCUT2D eigenvalue weighted by atomic mass is 9.97. The van der Waals surface area contributed by atoms with E-state index in [0.29, 0.717) is 5.92 Å². The van der Waals surface area contributed by atoms with Gasteiger partial charge in [0.2, 0.25) is 0 Å². The molecule has 2 rings (SSSR count). The van der Waals surface area contributed by atoms with Crippen LogP contribution in [0.2, 0.25) is 0 Å². The van der Waals surface area contributed by atoms with Crippen LogP contribution in [0.5, 0.6) is 0 Å². The van der Waals surface area contributed by atoms with Gasteiger partial charge in [0.15, 0.2) is 0 Å². The highest BCUT2D eigenvalue weighted by Gasteiger charge is 2.09. The zero-order valence-electron chi connectivity index (χ0n) is 8.36. The zero-order valence-corrected chi connectivity index (χ0v) is 9.18. The summed E-state index contributed by atoms with van der Waals surface area (Å²) in [5, 5.41) is 3.67. The van der Waals surface area contributed by atoms with Gasteiger partial charge in [0.25, 0.3) is 0 Å². The van der Waals surface area contributed by atoms with Crippen LogP contribution >= 0.6 is 11.3 Å². The van der Waals surface area contributed by atoms with Gasteiger partial charge in [-0.15, -0.1) is 11.3 Å². The van der Waals surface area contributed by atoms with E-state index in [-0.39, 0.29) is 0 Å². The molecule has 1 aromatic carbocycles. The van der Waals surface area contributed by atoms with Crippen LogP contribution in [-0.4, -0.2) is 6.54 Å². The Kier molecular flexibility index (Phi) is 2.85. The van der Waals surface area contributed by atoms with Gasteiger partial charge in [-0.2, -0.15) is 0 Å². The van der Waals surface area contributed by atoms with E-state index in [1.807, 2.05) is 11.3 Å². The van der Waals surface area contributed by atoms with E-state index in [9.17, 15) is 0 Å². The molecule has 0 saturated heterocycles. The van der Waals surface area contributed by atoms with Crippen molar-refractivity contribution >= 4 is 21.4 Å². The summed E-state index contributed by atoms with van der Waals surface area (Å²) < 4.78 is 1.38. The summed E-state index contributed by atoms with van der Waals surface area (Å²) in [4.78, 5) is 0. The summed E-state index contributed by atoms with van der Waals surface area (Å²) in [5.41, 5.74) is 7.04. The summed E-state index contributed by atoms with van der Waals surface area (Å²) in [7, 11) is 0. The molecule has 0 spiro atoms. The third kappa shape index (κ3) is 1.68. The standard InChI is InChI=1S/C12H15NS/c1-9(6-7-13)11-8-14-12-5-3-2-4-10(11)12/h2-5,8-9H,6-7,13H2,1H3. The molecular weight excluding hydrogens is 190 g/mol. The van der Waals surface area contributed by atoms with Crippen molar-refractivity contribution in [1.82, 2.24) is 0 Å². The van der Waals surface area contributed by atoms with Crippen LogP contribution in [0.3, 0.4) is 0 Å².